The van der Waals surface area contributed by atoms with Gasteiger partial charge < -0.3 is 15.2 Å². The molecule has 0 aliphatic heterocycles. The Morgan fingerprint density at radius 2 is 1.73 bits per heavy atom. The molecule has 0 radical (unpaired) electrons. The van der Waals surface area contributed by atoms with Crippen molar-refractivity contribution in [1.29, 1.82) is 0 Å². The molecule has 0 unspecified atom stereocenters. The van der Waals surface area contributed by atoms with Crippen molar-refractivity contribution in [3.63, 3.8) is 0 Å². The molecule has 3 rings (SSSR count). The van der Waals surface area contributed by atoms with Crippen molar-refractivity contribution < 1.29 is 0 Å². The van der Waals surface area contributed by atoms with Crippen LogP contribution in [0, 0.1) is 6.92 Å². The maximum absolute atomic E-state index is 4.79. The molecular formula is C22H32N8. The second-order valence-corrected chi connectivity index (χ2v) is 7.28. The Morgan fingerprint density at radius 3 is 2.37 bits per heavy atom. The highest BCUT2D eigenvalue weighted by molar-refractivity contribution is 5.79. The summed E-state index contributed by atoms with van der Waals surface area (Å²) in [6, 6.07) is 10.2. The molecule has 2 aromatic heterocycles. The second kappa shape index (κ2) is 10.0. The number of aliphatic imine (C=N–C) groups is 1. The molecule has 3 aromatic rings. The minimum absolute atomic E-state index is 0.548. The predicted octanol–water partition coefficient (Wildman–Crippen LogP) is 2.42. The van der Waals surface area contributed by atoms with Crippen LogP contribution in [-0.4, -0.2) is 30.5 Å². The number of aryl methyl sites for hydroxylation is 3. The lowest BCUT2D eigenvalue weighted by Gasteiger charge is -2.14. The second-order valence-electron chi connectivity index (χ2n) is 7.28. The predicted molar refractivity (Wildman–Crippen MR) is 119 cm³/mol. The molecule has 8 heteroatoms. The van der Waals surface area contributed by atoms with Gasteiger partial charge >= 0.3 is 0 Å². The Balaban J connectivity index is 1.76. The largest absolute Gasteiger partial charge is 0.352 e. The van der Waals surface area contributed by atoms with Gasteiger partial charge in [-0.3, -0.25) is 4.68 Å². The fourth-order valence-electron chi connectivity index (χ4n) is 3.46. The molecule has 160 valence electrons. The fourth-order valence-corrected chi connectivity index (χ4v) is 3.46. The summed E-state index contributed by atoms with van der Waals surface area (Å²) in [5.74, 6) is 2.50. The summed E-state index contributed by atoms with van der Waals surface area (Å²) in [4.78, 5) is 4.79. The molecule has 2 N–H and O–H groups in total. The zero-order chi connectivity index (χ0) is 21.5. The Labute approximate surface area is 178 Å². The van der Waals surface area contributed by atoms with Crippen molar-refractivity contribution in [2.45, 2.75) is 53.2 Å². The van der Waals surface area contributed by atoms with E-state index in [-0.39, 0.29) is 0 Å². The Morgan fingerprint density at radius 1 is 1.00 bits per heavy atom. The van der Waals surface area contributed by atoms with Crippen molar-refractivity contribution in [1.82, 2.24) is 35.2 Å². The summed E-state index contributed by atoms with van der Waals surface area (Å²) in [6.45, 7) is 8.08. The third kappa shape index (κ3) is 5.06. The zero-order valence-electron chi connectivity index (χ0n) is 18.6. The monoisotopic (exact) mass is 408 g/mol. The summed E-state index contributed by atoms with van der Waals surface area (Å²) in [6.07, 6.45) is 1.86. The van der Waals surface area contributed by atoms with Crippen LogP contribution in [0.15, 0.2) is 35.3 Å². The number of nitrogens with one attached hydrogen (secondary N) is 2. The van der Waals surface area contributed by atoms with Crippen molar-refractivity contribution in [2.24, 2.45) is 19.1 Å². The molecule has 2 heterocycles. The molecular weight excluding hydrogens is 376 g/mol. The van der Waals surface area contributed by atoms with Gasteiger partial charge in [0.15, 0.2) is 11.8 Å². The van der Waals surface area contributed by atoms with Gasteiger partial charge in [-0.25, -0.2) is 4.99 Å². The highest BCUT2D eigenvalue weighted by Gasteiger charge is 2.14. The molecule has 0 atom stereocenters. The van der Waals surface area contributed by atoms with Crippen LogP contribution in [-0.2, 0) is 46.6 Å². The van der Waals surface area contributed by atoms with Crippen LogP contribution in [0.25, 0.3) is 0 Å². The number of nitrogens with zero attached hydrogens (tertiary/aromatic N) is 6. The van der Waals surface area contributed by atoms with E-state index in [1.54, 1.807) is 0 Å². The van der Waals surface area contributed by atoms with Gasteiger partial charge in [0.1, 0.15) is 5.82 Å². The summed E-state index contributed by atoms with van der Waals surface area (Å²) in [5, 5.41) is 19.9. The quantitative estimate of drug-likeness (QED) is 0.442. The minimum Gasteiger partial charge on any atom is -0.352 e. The number of rotatable bonds is 8. The molecule has 0 spiro atoms. The van der Waals surface area contributed by atoms with Gasteiger partial charge in [-0.1, -0.05) is 44.2 Å². The first kappa shape index (κ1) is 21.5. The molecule has 0 aliphatic rings. The smallest absolute Gasteiger partial charge is 0.192 e. The standard InChI is InChI=1S/C22H32N8/c1-6-19-18(20(7-2)30(5)28-19)14-24-22(23-13-17-11-9-8-10-12-17)25-15-21-27-26-16(3)29(21)4/h8-12H,6-7,13-15H2,1-5H3,(H2,23,24,25). The van der Waals surface area contributed by atoms with Crippen molar-refractivity contribution >= 4 is 5.96 Å². The van der Waals surface area contributed by atoms with Gasteiger partial charge in [0, 0.05) is 31.9 Å². The first-order valence-electron chi connectivity index (χ1n) is 10.5. The highest BCUT2D eigenvalue weighted by Crippen LogP contribution is 2.15. The van der Waals surface area contributed by atoms with Gasteiger partial charge in [0.05, 0.1) is 18.8 Å². The first-order valence-corrected chi connectivity index (χ1v) is 10.5. The van der Waals surface area contributed by atoms with Gasteiger partial charge in [-0.2, -0.15) is 5.10 Å². The third-order valence-corrected chi connectivity index (χ3v) is 5.32. The lowest BCUT2D eigenvalue weighted by atomic mass is 10.1. The normalized spacial score (nSPS) is 11.7. The molecule has 0 fully saturated rings. The summed E-state index contributed by atoms with van der Waals surface area (Å²) < 4.78 is 3.97. The Kier molecular flexibility index (Phi) is 7.21. The molecule has 30 heavy (non-hydrogen) atoms. The maximum Gasteiger partial charge on any atom is 0.192 e. The Hall–Kier alpha value is -3.16. The van der Waals surface area contributed by atoms with E-state index in [0.29, 0.717) is 19.6 Å². The summed E-state index contributed by atoms with van der Waals surface area (Å²) in [5.41, 5.74) is 4.81. The molecule has 0 saturated carbocycles. The minimum atomic E-state index is 0.548. The summed E-state index contributed by atoms with van der Waals surface area (Å²) in [7, 11) is 3.98. The van der Waals surface area contributed by atoms with Crippen LogP contribution in [0.2, 0.25) is 0 Å². The lowest BCUT2D eigenvalue weighted by molar-refractivity contribution is 0.699. The van der Waals surface area contributed by atoms with Crippen LogP contribution in [0.4, 0.5) is 0 Å². The van der Waals surface area contributed by atoms with Crippen LogP contribution in [0.3, 0.4) is 0 Å². The summed E-state index contributed by atoms with van der Waals surface area (Å²) >= 11 is 0. The zero-order valence-corrected chi connectivity index (χ0v) is 18.6. The van der Waals surface area contributed by atoms with Crippen molar-refractivity contribution in [2.75, 3.05) is 0 Å². The Bertz CT molecular complexity index is 984. The molecule has 1 aromatic carbocycles. The highest BCUT2D eigenvalue weighted by atomic mass is 15.3. The topological polar surface area (TPSA) is 84.9 Å². The fraction of sp³-hybridized carbons (Fsp3) is 0.455. The van der Waals surface area contributed by atoms with Crippen LogP contribution < -0.4 is 10.6 Å². The molecule has 0 bridgehead atoms. The van der Waals surface area contributed by atoms with E-state index in [9.17, 15) is 0 Å². The first-order chi connectivity index (χ1) is 14.5. The average molecular weight is 409 g/mol. The van der Waals surface area contributed by atoms with Gasteiger partial charge in [-0.05, 0) is 25.3 Å². The molecule has 0 aliphatic carbocycles. The SMILES string of the molecule is CCc1nn(C)c(CC)c1CNC(=NCc1ccccc1)NCc1nnc(C)n1C. The van der Waals surface area contributed by atoms with Crippen molar-refractivity contribution in [3.8, 4) is 0 Å². The average Bonchev–Trinajstić information content (AvgIpc) is 3.26. The van der Waals surface area contributed by atoms with E-state index in [2.05, 4.69) is 51.9 Å². The van der Waals surface area contributed by atoms with Gasteiger partial charge in [0.2, 0.25) is 0 Å². The van der Waals surface area contributed by atoms with Gasteiger partial charge in [-0.15, -0.1) is 10.2 Å². The lowest BCUT2D eigenvalue weighted by Crippen LogP contribution is -2.37. The maximum atomic E-state index is 4.79. The molecule has 8 nitrogen and oxygen atoms in total. The van der Waals surface area contributed by atoms with E-state index in [0.717, 1.165) is 41.7 Å². The van der Waals surface area contributed by atoms with E-state index in [1.165, 1.54) is 11.3 Å². The van der Waals surface area contributed by atoms with E-state index < -0.39 is 0 Å². The number of aromatic nitrogens is 5. The third-order valence-electron chi connectivity index (χ3n) is 5.32. The van der Waals surface area contributed by atoms with E-state index in [1.807, 2.05) is 48.5 Å². The van der Waals surface area contributed by atoms with E-state index in [4.69, 9.17) is 4.99 Å². The van der Waals surface area contributed by atoms with E-state index >= 15 is 0 Å². The van der Waals surface area contributed by atoms with Crippen LogP contribution in [0.5, 0.6) is 0 Å². The molecule has 0 saturated heterocycles. The number of benzene rings is 1. The van der Waals surface area contributed by atoms with Crippen molar-refractivity contribution in [3.05, 3.63) is 64.5 Å². The van der Waals surface area contributed by atoms with Gasteiger partial charge in [0.25, 0.3) is 0 Å². The number of hydrogen-bond acceptors (Lipinski definition) is 4. The number of hydrogen-bond donors (Lipinski definition) is 2. The number of guanidine groups is 1. The van der Waals surface area contributed by atoms with Crippen LogP contribution >= 0.6 is 0 Å². The molecule has 0 amide bonds. The van der Waals surface area contributed by atoms with Crippen LogP contribution in [0.1, 0.15) is 48.0 Å².